The minimum atomic E-state index is 0.228. The first-order valence-corrected chi connectivity index (χ1v) is 8.31. The summed E-state index contributed by atoms with van der Waals surface area (Å²) in [6.07, 6.45) is 1.71. The molecule has 4 rings (SSSR count). The lowest BCUT2D eigenvalue weighted by atomic mass is 10.0. The van der Waals surface area contributed by atoms with E-state index in [1.807, 2.05) is 48.5 Å². The summed E-state index contributed by atoms with van der Waals surface area (Å²) in [7, 11) is 0. The number of phenols is 1. The van der Waals surface area contributed by atoms with Crippen LogP contribution >= 0.6 is 23.6 Å². The number of phenolic OH excluding ortho intramolecular Hbond substituents is 1. The number of aliphatic imine (C=N–C) groups is 1. The van der Waals surface area contributed by atoms with Crippen LogP contribution in [-0.2, 0) is 0 Å². The predicted molar refractivity (Wildman–Crippen MR) is 99.9 cm³/mol. The Kier molecular flexibility index (Phi) is 3.44. The van der Waals surface area contributed by atoms with Crippen LogP contribution in [-0.4, -0.2) is 16.3 Å². The number of thiazole rings is 1. The molecule has 0 aliphatic carbocycles. The molecular weight excluding hydrogens is 324 g/mol. The third-order valence-electron chi connectivity index (χ3n) is 3.69. The van der Waals surface area contributed by atoms with Gasteiger partial charge in [-0.25, -0.2) is 0 Å². The van der Waals surface area contributed by atoms with Crippen LogP contribution in [0.3, 0.4) is 0 Å². The van der Waals surface area contributed by atoms with Crippen molar-refractivity contribution in [3.8, 4) is 5.75 Å². The van der Waals surface area contributed by atoms with Gasteiger partial charge in [0.25, 0.3) is 0 Å². The molecule has 1 aromatic heterocycles. The molecule has 0 spiro atoms. The molecule has 2 N–H and O–H groups in total. The lowest BCUT2D eigenvalue weighted by Crippen LogP contribution is -1.85. The maximum Gasteiger partial charge on any atom is 0.159 e. The Hall–Kier alpha value is -2.50. The summed E-state index contributed by atoms with van der Waals surface area (Å²) in [6, 6.07) is 17.4. The summed E-state index contributed by atoms with van der Waals surface area (Å²) >= 11 is 6.69. The van der Waals surface area contributed by atoms with Gasteiger partial charge in [-0.05, 0) is 47.3 Å². The number of rotatable bonds is 2. The Bertz CT molecular complexity index is 1110. The van der Waals surface area contributed by atoms with E-state index in [0.29, 0.717) is 0 Å². The zero-order chi connectivity index (χ0) is 15.8. The molecule has 112 valence electrons. The van der Waals surface area contributed by atoms with Gasteiger partial charge in [0, 0.05) is 11.8 Å². The van der Waals surface area contributed by atoms with E-state index in [1.165, 1.54) is 11.3 Å². The van der Waals surface area contributed by atoms with E-state index < -0.39 is 0 Å². The van der Waals surface area contributed by atoms with Crippen LogP contribution < -0.4 is 0 Å². The summed E-state index contributed by atoms with van der Waals surface area (Å²) in [5.74, 6) is 0.228. The minimum Gasteiger partial charge on any atom is -0.507 e. The topological polar surface area (TPSA) is 48.4 Å². The van der Waals surface area contributed by atoms with Crippen molar-refractivity contribution in [2.24, 2.45) is 4.99 Å². The molecule has 1 heterocycles. The van der Waals surface area contributed by atoms with Crippen molar-refractivity contribution >= 4 is 56.4 Å². The van der Waals surface area contributed by atoms with E-state index in [-0.39, 0.29) is 5.75 Å². The quantitative estimate of drug-likeness (QED) is 0.371. The lowest BCUT2D eigenvalue weighted by molar-refractivity contribution is 0.475. The molecule has 23 heavy (non-hydrogen) atoms. The smallest absolute Gasteiger partial charge is 0.159 e. The number of fused-ring (bicyclic) bond motifs is 2. The Morgan fingerprint density at radius 2 is 1.96 bits per heavy atom. The standard InChI is InChI=1S/C18H12N2OS2/c21-16-8-5-11-3-1-2-4-13(11)14(16)10-19-12-6-7-15-17(9-12)23-18(22)20-15/h1-10,21H,(H,20,22). The highest BCUT2D eigenvalue weighted by atomic mass is 32.1. The van der Waals surface area contributed by atoms with Gasteiger partial charge >= 0.3 is 0 Å². The maximum absolute atomic E-state index is 10.2. The molecule has 0 saturated carbocycles. The number of hydrogen-bond acceptors (Lipinski definition) is 4. The molecule has 0 amide bonds. The summed E-state index contributed by atoms with van der Waals surface area (Å²) in [6.45, 7) is 0. The fourth-order valence-electron chi connectivity index (χ4n) is 2.57. The van der Waals surface area contributed by atoms with Crippen LogP contribution in [0.5, 0.6) is 5.75 Å². The van der Waals surface area contributed by atoms with E-state index in [0.717, 1.165) is 36.2 Å². The van der Waals surface area contributed by atoms with Gasteiger partial charge in [-0.15, -0.1) is 11.3 Å². The van der Waals surface area contributed by atoms with Gasteiger partial charge in [0.15, 0.2) is 3.95 Å². The second-order valence-corrected chi connectivity index (χ2v) is 6.89. The Labute approximate surface area is 141 Å². The van der Waals surface area contributed by atoms with Crippen molar-refractivity contribution in [3.05, 3.63) is 64.1 Å². The van der Waals surface area contributed by atoms with Crippen LogP contribution in [0, 0.1) is 3.95 Å². The summed E-state index contributed by atoms with van der Waals surface area (Å²) in [5, 5.41) is 12.2. The molecule has 0 atom stereocenters. The van der Waals surface area contributed by atoms with Crippen LogP contribution in [0.4, 0.5) is 5.69 Å². The van der Waals surface area contributed by atoms with Gasteiger partial charge in [0.05, 0.1) is 15.9 Å². The van der Waals surface area contributed by atoms with Crippen molar-refractivity contribution in [2.75, 3.05) is 0 Å². The molecule has 0 radical (unpaired) electrons. The van der Waals surface area contributed by atoms with Gasteiger partial charge < -0.3 is 10.1 Å². The van der Waals surface area contributed by atoms with Crippen molar-refractivity contribution in [2.45, 2.75) is 0 Å². The highest BCUT2D eigenvalue weighted by Gasteiger charge is 2.04. The fourth-order valence-corrected chi connectivity index (χ4v) is 3.72. The van der Waals surface area contributed by atoms with Crippen LogP contribution in [0.15, 0.2) is 59.6 Å². The minimum absolute atomic E-state index is 0.228. The van der Waals surface area contributed by atoms with Crippen molar-refractivity contribution < 1.29 is 5.11 Å². The Balaban J connectivity index is 1.80. The van der Waals surface area contributed by atoms with E-state index >= 15 is 0 Å². The third kappa shape index (κ3) is 2.65. The second kappa shape index (κ2) is 5.61. The summed E-state index contributed by atoms with van der Waals surface area (Å²) in [5.41, 5.74) is 2.58. The largest absolute Gasteiger partial charge is 0.507 e. The van der Waals surface area contributed by atoms with Gasteiger partial charge in [-0.2, -0.15) is 0 Å². The van der Waals surface area contributed by atoms with Crippen LogP contribution in [0.25, 0.3) is 21.0 Å². The highest BCUT2D eigenvalue weighted by molar-refractivity contribution is 7.73. The number of aromatic nitrogens is 1. The molecule has 0 aliphatic rings. The van der Waals surface area contributed by atoms with E-state index in [1.54, 1.807) is 12.3 Å². The first kappa shape index (κ1) is 14.1. The highest BCUT2D eigenvalue weighted by Crippen LogP contribution is 2.28. The number of aromatic hydroxyl groups is 1. The van der Waals surface area contributed by atoms with E-state index in [2.05, 4.69) is 9.98 Å². The van der Waals surface area contributed by atoms with Crippen molar-refractivity contribution in [1.82, 2.24) is 4.98 Å². The monoisotopic (exact) mass is 336 g/mol. The van der Waals surface area contributed by atoms with E-state index in [4.69, 9.17) is 12.2 Å². The molecule has 0 saturated heterocycles. The zero-order valence-corrected chi connectivity index (χ0v) is 13.6. The normalized spacial score (nSPS) is 11.7. The summed E-state index contributed by atoms with van der Waals surface area (Å²) < 4.78 is 1.83. The SMILES string of the molecule is Oc1ccc2ccccc2c1C=Nc1ccc2[nH]c(=S)sc2c1. The molecule has 0 bridgehead atoms. The van der Waals surface area contributed by atoms with Crippen molar-refractivity contribution in [3.63, 3.8) is 0 Å². The number of nitrogens with zero attached hydrogens (tertiary/aromatic N) is 1. The van der Waals surface area contributed by atoms with Crippen LogP contribution in [0.1, 0.15) is 5.56 Å². The first-order valence-electron chi connectivity index (χ1n) is 7.08. The molecular formula is C18H12N2OS2. The molecule has 3 aromatic carbocycles. The van der Waals surface area contributed by atoms with Gasteiger partial charge in [0.1, 0.15) is 5.75 Å². The van der Waals surface area contributed by atoms with Gasteiger partial charge in [0.2, 0.25) is 0 Å². The number of benzene rings is 3. The van der Waals surface area contributed by atoms with Gasteiger partial charge in [-0.3, -0.25) is 4.99 Å². The Morgan fingerprint density at radius 1 is 1.09 bits per heavy atom. The van der Waals surface area contributed by atoms with E-state index in [9.17, 15) is 5.11 Å². The zero-order valence-electron chi connectivity index (χ0n) is 12.0. The lowest BCUT2D eigenvalue weighted by Gasteiger charge is -2.04. The molecule has 0 aliphatic heterocycles. The van der Waals surface area contributed by atoms with Crippen molar-refractivity contribution in [1.29, 1.82) is 0 Å². The predicted octanol–water partition coefficient (Wildman–Crippen LogP) is 5.57. The molecule has 0 unspecified atom stereocenters. The Morgan fingerprint density at radius 3 is 2.87 bits per heavy atom. The maximum atomic E-state index is 10.2. The molecule has 0 fully saturated rings. The molecule has 4 aromatic rings. The third-order valence-corrected chi connectivity index (χ3v) is 4.89. The second-order valence-electron chi connectivity index (χ2n) is 5.17. The fraction of sp³-hybridized carbons (Fsp3) is 0. The number of nitrogens with one attached hydrogen (secondary N) is 1. The average Bonchev–Trinajstić information content (AvgIpc) is 2.93. The number of aromatic amines is 1. The number of hydrogen-bond donors (Lipinski definition) is 2. The summed E-state index contributed by atoms with van der Waals surface area (Å²) in [4.78, 5) is 7.65. The first-order chi connectivity index (χ1) is 11.2. The average molecular weight is 336 g/mol. The number of H-pyrrole nitrogens is 1. The molecule has 3 nitrogen and oxygen atoms in total. The van der Waals surface area contributed by atoms with Crippen LogP contribution in [0.2, 0.25) is 0 Å². The molecule has 5 heteroatoms. The van der Waals surface area contributed by atoms with Gasteiger partial charge in [-0.1, -0.05) is 30.3 Å².